The van der Waals surface area contributed by atoms with Gasteiger partial charge in [0.15, 0.2) is 0 Å². The third kappa shape index (κ3) is 1.64. The number of thiazole rings is 1. The Labute approximate surface area is 94.7 Å². The summed E-state index contributed by atoms with van der Waals surface area (Å²) in [7, 11) is 0. The van der Waals surface area contributed by atoms with Crippen LogP contribution in [0.3, 0.4) is 0 Å². The van der Waals surface area contributed by atoms with Crippen molar-refractivity contribution in [3.63, 3.8) is 0 Å². The van der Waals surface area contributed by atoms with Gasteiger partial charge in [0, 0.05) is 9.85 Å². The van der Waals surface area contributed by atoms with Crippen molar-refractivity contribution in [2.75, 3.05) is 0 Å². The molecule has 1 nitrogen and oxygen atoms in total. The fraction of sp³-hybridized carbons (Fsp3) is 0. The molecule has 0 atom stereocenters. The van der Waals surface area contributed by atoms with E-state index in [0.29, 0.717) is 0 Å². The van der Waals surface area contributed by atoms with Crippen LogP contribution in [0.15, 0.2) is 25.9 Å². The summed E-state index contributed by atoms with van der Waals surface area (Å²) < 4.78 is 2.03. The lowest BCUT2D eigenvalue weighted by Gasteiger charge is -1.89. The molecule has 0 bridgehead atoms. The largest absolute Gasteiger partial charge is 0.228 e. The fourth-order valence-corrected chi connectivity index (χ4v) is 3.87. The molecule has 0 fully saturated rings. The maximum atomic E-state index is 4.33. The van der Waals surface area contributed by atoms with E-state index in [1.807, 2.05) is 11.4 Å². The van der Waals surface area contributed by atoms with E-state index < -0.39 is 0 Å². The van der Waals surface area contributed by atoms with Crippen molar-refractivity contribution in [2.45, 2.75) is 0 Å². The van der Waals surface area contributed by atoms with Gasteiger partial charge in [0.2, 0.25) is 0 Å². The smallest absolute Gasteiger partial charge is 0.135 e. The standard InChI is InChI=1S/C7H3Br2NS2/c8-4-1-2-11-6(4)7-10-5(9)3-12-7/h1-3H. The van der Waals surface area contributed by atoms with Crippen molar-refractivity contribution >= 4 is 54.5 Å². The summed E-state index contributed by atoms with van der Waals surface area (Å²) in [5, 5.41) is 5.10. The number of hydrogen-bond donors (Lipinski definition) is 0. The van der Waals surface area contributed by atoms with E-state index in [0.717, 1.165) is 14.1 Å². The van der Waals surface area contributed by atoms with Crippen LogP contribution in [0.4, 0.5) is 0 Å². The topological polar surface area (TPSA) is 12.9 Å². The fourth-order valence-electron chi connectivity index (χ4n) is 0.805. The van der Waals surface area contributed by atoms with E-state index >= 15 is 0 Å². The predicted octanol–water partition coefficient (Wildman–Crippen LogP) is 4.40. The molecule has 0 aliphatic carbocycles. The van der Waals surface area contributed by atoms with Gasteiger partial charge in [-0.2, -0.15) is 0 Å². The lowest BCUT2D eigenvalue weighted by Crippen LogP contribution is -1.69. The average Bonchev–Trinajstić information content (AvgIpc) is 2.58. The number of thiophene rings is 1. The Kier molecular flexibility index (Phi) is 2.64. The Morgan fingerprint density at radius 1 is 1.25 bits per heavy atom. The van der Waals surface area contributed by atoms with Crippen molar-refractivity contribution in [3.8, 4) is 9.88 Å². The second-order valence-corrected chi connectivity index (χ2v) is 5.51. The van der Waals surface area contributed by atoms with Crippen LogP contribution in [0.1, 0.15) is 0 Å². The van der Waals surface area contributed by atoms with Gasteiger partial charge in [0.1, 0.15) is 9.61 Å². The van der Waals surface area contributed by atoms with E-state index in [4.69, 9.17) is 0 Å². The summed E-state index contributed by atoms with van der Waals surface area (Å²) in [6.45, 7) is 0. The Bertz CT molecular complexity index is 394. The zero-order chi connectivity index (χ0) is 8.55. The highest BCUT2D eigenvalue weighted by Crippen LogP contribution is 2.35. The minimum absolute atomic E-state index is 0.905. The molecule has 0 N–H and O–H groups in total. The zero-order valence-corrected chi connectivity index (χ0v) is 10.6. The summed E-state index contributed by atoms with van der Waals surface area (Å²) in [5.41, 5.74) is 0. The first kappa shape index (κ1) is 8.87. The minimum Gasteiger partial charge on any atom is -0.228 e. The molecular formula is C7H3Br2NS2. The molecule has 0 aliphatic rings. The molecule has 0 unspecified atom stereocenters. The number of nitrogens with zero attached hydrogens (tertiary/aromatic N) is 1. The van der Waals surface area contributed by atoms with Crippen molar-refractivity contribution in [2.24, 2.45) is 0 Å². The van der Waals surface area contributed by atoms with Gasteiger partial charge >= 0.3 is 0 Å². The molecule has 62 valence electrons. The number of halogens is 2. The molecule has 12 heavy (non-hydrogen) atoms. The molecule has 0 radical (unpaired) electrons. The van der Waals surface area contributed by atoms with Crippen LogP contribution in [0.2, 0.25) is 0 Å². The van der Waals surface area contributed by atoms with Crippen LogP contribution in [0, 0.1) is 0 Å². The minimum atomic E-state index is 0.905. The Balaban J connectivity index is 2.50. The van der Waals surface area contributed by atoms with Gasteiger partial charge in [-0.15, -0.1) is 22.7 Å². The molecule has 5 heteroatoms. The maximum Gasteiger partial charge on any atom is 0.135 e. The molecule has 0 spiro atoms. The number of aromatic nitrogens is 1. The molecule has 2 aromatic rings. The summed E-state index contributed by atoms with van der Waals surface area (Å²) in [6, 6.07) is 2.04. The lowest BCUT2D eigenvalue weighted by atomic mass is 10.5. The first-order chi connectivity index (χ1) is 5.77. The Hall–Kier alpha value is 0.290. The maximum absolute atomic E-state index is 4.33. The Morgan fingerprint density at radius 3 is 2.58 bits per heavy atom. The molecule has 0 aromatic carbocycles. The zero-order valence-electron chi connectivity index (χ0n) is 5.75. The number of hydrogen-bond acceptors (Lipinski definition) is 3. The van der Waals surface area contributed by atoms with Crippen LogP contribution < -0.4 is 0 Å². The quantitative estimate of drug-likeness (QED) is 0.757. The first-order valence-electron chi connectivity index (χ1n) is 3.12. The van der Waals surface area contributed by atoms with Gasteiger partial charge in [0.05, 0.1) is 4.88 Å². The molecule has 2 aromatic heterocycles. The van der Waals surface area contributed by atoms with Crippen LogP contribution in [-0.4, -0.2) is 4.98 Å². The van der Waals surface area contributed by atoms with Crippen LogP contribution >= 0.6 is 54.5 Å². The van der Waals surface area contributed by atoms with E-state index in [9.17, 15) is 0 Å². The summed E-state index contributed by atoms with van der Waals surface area (Å²) in [6.07, 6.45) is 0. The molecule has 0 amide bonds. The summed E-state index contributed by atoms with van der Waals surface area (Å²) >= 11 is 10.1. The van der Waals surface area contributed by atoms with E-state index in [-0.39, 0.29) is 0 Å². The van der Waals surface area contributed by atoms with Gasteiger partial charge in [-0.05, 0) is 43.3 Å². The third-order valence-electron chi connectivity index (χ3n) is 1.29. The molecule has 0 saturated carbocycles. The second-order valence-electron chi connectivity index (χ2n) is 2.07. The molecule has 0 saturated heterocycles. The number of rotatable bonds is 1. The second kappa shape index (κ2) is 3.57. The van der Waals surface area contributed by atoms with E-state index in [1.54, 1.807) is 22.7 Å². The van der Waals surface area contributed by atoms with Crippen molar-refractivity contribution < 1.29 is 0 Å². The van der Waals surface area contributed by atoms with Gasteiger partial charge in [-0.3, -0.25) is 0 Å². The van der Waals surface area contributed by atoms with Gasteiger partial charge < -0.3 is 0 Å². The van der Waals surface area contributed by atoms with E-state index in [1.165, 1.54) is 4.88 Å². The predicted molar refractivity (Wildman–Crippen MR) is 60.8 cm³/mol. The summed E-state index contributed by atoms with van der Waals surface area (Å²) in [5.74, 6) is 0. The molecule has 2 rings (SSSR count). The van der Waals surface area contributed by atoms with Crippen molar-refractivity contribution in [1.29, 1.82) is 0 Å². The lowest BCUT2D eigenvalue weighted by molar-refractivity contribution is 1.37. The monoisotopic (exact) mass is 323 g/mol. The molecule has 0 aliphatic heterocycles. The first-order valence-corrected chi connectivity index (χ1v) is 6.46. The third-order valence-corrected chi connectivity index (χ3v) is 4.83. The highest BCUT2D eigenvalue weighted by molar-refractivity contribution is 9.10. The SMILES string of the molecule is Brc1csc(-c2sccc2Br)n1. The van der Waals surface area contributed by atoms with Gasteiger partial charge in [-0.1, -0.05) is 0 Å². The van der Waals surface area contributed by atoms with E-state index in [2.05, 4.69) is 42.2 Å². The Morgan fingerprint density at radius 2 is 2.08 bits per heavy atom. The highest BCUT2D eigenvalue weighted by atomic mass is 79.9. The van der Waals surface area contributed by atoms with Crippen LogP contribution in [-0.2, 0) is 0 Å². The molecule has 2 heterocycles. The van der Waals surface area contributed by atoms with Crippen molar-refractivity contribution in [1.82, 2.24) is 4.98 Å². The van der Waals surface area contributed by atoms with Crippen LogP contribution in [0.5, 0.6) is 0 Å². The van der Waals surface area contributed by atoms with Gasteiger partial charge in [-0.25, -0.2) is 4.98 Å². The average molecular weight is 325 g/mol. The van der Waals surface area contributed by atoms with Gasteiger partial charge in [0.25, 0.3) is 0 Å². The normalized spacial score (nSPS) is 10.5. The van der Waals surface area contributed by atoms with Crippen LogP contribution in [0.25, 0.3) is 9.88 Å². The molecular weight excluding hydrogens is 322 g/mol. The van der Waals surface area contributed by atoms with Crippen molar-refractivity contribution in [3.05, 3.63) is 25.9 Å². The summed E-state index contributed by atoms with van der Waals surface area (Å²) in [4.78, 5) is 5.53. The highest BCUT2D eigenvalue weighted by Gasteiger charge is 2.07.